The zero-order valence-corrected chi connectivity index (χ0v) is 13.0. The van der Waals surface area contributed by atoms with E-state index >= 15 is 0 Å². The summed E-state index contributed by atoms with van der Waals surface area (Å²) in [6.07, 6.45) is 8.12. The first-order chi connectivity index (χ1) is 8.78. The van der Waals surface area contributed by atoms with Gasteiger partial charge in [-0.2, -0.15) is 5.10 Å². The molecule has 0 unspecified atom stereocenters. The Bertz CT molecular complexity index is 345. The van der Waals surface area contributed by atoms with Gasteiger partial charge in [0.25, 0.3) is 0 Å². The van der Waals surface area contributed by atoms with Crippen molar-refractivity contribution in [1.82, 2.24) is 20.0 Å². The summed E-state index contributed by atoms with van der Waals surface area (Å²) < 4.78 is 2.06. The molecule has 19 heavy (non-hydrogen) atoms. The van der Waals surface area contributed by atoms with E-state index < -0.39 is 0 Å². The minimum atomic E-state index is 0. The molecular formula is C14H27ClN4. The molecule has 1 aromatic heterocycles. The van der Waals surface area contributed by atoms with Crippen LogP contribution in [0.15, 0.2) is 12.4 Å². The molecule has 0 atom stereocenters. The van der Waals surface area contributed by atoms with E-state index in [1.165, 1.54) is 37.9 Å². The van der Waals surface area contributed by atoms with E-state index in [0.29, 0.717) is 0 Å². The van der Waals surface area contributed by atoms with Crippen LogP contribution in [-0.4, -0.2) is 47.9 Å². The molecule has 0 saturated carbocycles. The van der Waals surface area contributed by atoms with E-state index in [1.54, 1.807) is 0 Å². The number of nitrogens with zero attached hydrogens (tertiary/aromatic N) is 3. The van der Waals surface area contributed by atoms with Crippen LogP contribution in [-0.2, 0) is 6.54 Å². The molecule has 1 aliphatic heterocycles. The van der Waals surface area contributed by atoms with Gasteiger partial charge in [-0.3, -0.25) is 4.68 Å². The summed E-state index contributed by atoms with van der Waals surface area (Å²) in [7, 11) is 2.04. The van der Waals surface area contributed by atoms with Crippen LogP contribution in [0.2, 0.25) is 0 Å². The first-order valence-corrected chi connectivity index (χ1v) is 7.14. The van der Waals surface area contributed by atoms with E-state index in [-0.39, 0.29) is 12.4 Å². The smallest absolute Gasteiger partial charge is 0.0536 e. The van der Waals surface area contributed by atoms with Crippen molar-refractivity contribution in [3.8, 4) is 0 Å². The molecule has 2 rings (SSSR count). The van der Waals surface area contributed by atoms with Crippen LogP contribution in [0.5, 0.6) is 0 Å². The van der Waals surface area contributed by atoms with Gasteiger partial charge in [0.2, 0.25) is 0 Å². The summed E-state index contributed by atoms with van der Waals surface area (Å²) in [5.74, 6) is 0.931. The Morgan fingerprint density at radius 2 is 2.05 bits per heavy atom. The lowest BCUT2D eigenvalue weighted by atomic mass is 9.93. The molecule has 110 valence electrons. The molecule has 0 amide bonds. The number of rotatable bonds is 6. The molecule has 0 aliphatic carbocycles. The maximum atomic E-state index is 4.34. The quantitative estimate of drug-likeness (QED) is 0.868. The second-order valence-corrected chi connectivity index (χ2v) is 5.46. The Morgan fingerprint density at radius 3 is 2.63 bits per heavy atom. The van der Waals surface area contributed by atoms with Crippen LogP contribution in [0.4, 0.5) is 0 Å². The van der Waals surface area contributed by atoms with Crippen LogP contribution >= 0.6 is 12.4 Å². The topological polar surface area (TPSA) is 33.1 Å². The minimum absolute atomic E-state index is 0. The van der Waals surface area contributed by atoms with E-state index in [4.69, 9.17) is 0 Å². The average Bonchev–Trinajstić information content (AvgIpc) is 2.81. The number of aryl methyl sites for hydroxylation is 1. The van der Waals surface area contributed by atoms with Gasteiger partial charge in [-0.25, -0.2) is 0 Å². The van der Waals surface area contributed by atoms with E-state index in [9.17, 15) is 0 Å². The molecule has 4 nitrogen and oxygen atoms in total. The highest BCUT2D eigenvalue weighted by Crippen LogP contribution is 2.19. The largest absolute Gasteiger partial charge is 0.320 e. The Hall–Kier alpha value is -0.580. The summed E-state index contributed by atoms with van der Waals surface area (Å²) in [5, 5.41) is 7.59. The number of likely N-dealkylation sites (tertiary alicyclic amines) is 1. The van der Waals surface area contributed by atoms with Crippen molar-refractivity contribution in [3.63, 3.8) is 0 Å². The second kappa shape index (κ2) is 8.56. The van der Waals surface area contributed by atoms with Crippen molar-refractivity contribution < 1.29 is 0 Å². The molecule has 0 aromatic carbocycles. The monoisotopic (exact) mass is 286 g/mol. The number of nitrogens with one attached hydrogen (secondary N) is 1. The lowest BCUT2D eigenvalue weighted by Crippen LogP contribution is -2.36. The van der Waals surface area contributed by atoms with Crippen molar-refractivity contribution in [2.45, 2.75) is 32.7 Å². The number of aromatic nitrogens is 2. The standard InChI is InChI=1S/C14H26N4.ClH/c1-13-11-16-18(12-13)10-9-17-7-4-14(5-8-17)3-6-15-2;/h11-12,14-15H,3-10H2,1-2H3;1H. The highest BCUT2D eigenvalue weighted by atomic mass is 35.5. The SMILES string of the molecule is CNCCC1CCN(CCn2cc(C)cn2)CC1.Cl. The normalized spacial score (nSPS) is 17.4. The highest BCUT2D eigenvalue weighted by molar-refractivity contribution is 5.85. The Kier molecular flexibility index (Phi) is 7.42. The fraction of sp³-hybridized carbons (Fsp3) is 0.786. The number of piperidine rings is 1. The zero-order chi connectivity index (χ0) is 12.8. The van der Waals surface area contributed by atoms with Crippen LogP contribution in [0, 0.1) is 12.8 Å². The molecule has 1 saturated heterocycles. The Balaban J connectivity index is 0.00000180. The minimum Gasteiger partial charge on any atom is -0.320 e. The van der Waals surface area contributed by atoms with Gasteiger partial charge in [-0.1, -0.05) is 0 Å². The predicted molar refractivity (Wildman–Crippen MR) is 81.9 cm³/mol. The van der Waals surface area contributed by atoms with Gasteiger partial charge in [0.05, 0.1) is 12.7 Å². The van der Waals surface area contributed by atoms with Gasteiger partial charge in [-0.05, 0) is 64.3 Å². The summed E-state index contributed by atoms with van der Waals surface area (Å²) in [5.41, 5.74) is 1.25. The van der Waals surface area contributed by atoms with Crippen molar-refractivity contribution >= 4 is 12.4 Å². The maximum Gasteiger partial charge on any atom is 0.0536 e. The molecule has 2 heterocycles. The number of hydrogen-bond donors (Lipinski definition) is 1. The number of hydrogen-bond acceptors (Lipinski definition) is 3. The maximum absolute atomic E-state index is 4.34. The molecule has 0 radical (unpaired) electrons. The van der Waals surface area contributed by atoms with Gasteiger partial charge in [0.15, 0.2) is 0 Å². The Labute approximate surface area is 123 Å². The molecule has 0 bridgehead atoms. The first kappa shape index (κ1) is 16.5. The third kappa shape index (κ3) is 5.51. The summed E-state index contributed by atoms with van der Waals surface area (Å²) in [6.45, 7) is 7.94. The molecule has 1 aromatic rings. The van der Waals surface area contributed by atoms with Gasteiger partial charge in [-0.15, -0.1) is 12.4 Å². The molecule has 1 fully saturated rings. The van der Waals surface area contributed by atoms with Crippen molar-refractivity contribution in [1.29, 1.82) is 0 Å². The van der Waals surface area contributed by atoms with Crippen LogP contribution in [0.25, 0.3) is 0 Å². The molecule has 0 spiro atoms. The van der Waals surface area contributed by atoms with Gasteiger partial charge >= 0.3 is 0 Å². The average molecular weight is 287 g/mol. The van der Waals surface area contributed by atoms with E-state index in [2.05, 4.69) is 33.1 Å². The molecule has 5 heteroatoms. The first-order valence-electron chi connectivity index (χ1n) is 7.14. The number of halogens is 1. The van der Waals surface area contributed by atoms with Gasteiger partial charge in [0, 0.05) is 12.7 Å². The van der Waals surface area contributed by atoms with Crippen LogP contribution in [0.1, 0.15) is 24.8 Å². The highest BCUT2D eigenvalue weighted by Gasteiger charge is 2.18. The van der Waals surface area contributed by atoms with Crippen molar-refractivity contribution in [3.05, 3.63) is 18.0 Å². The predicted octanol–water partition coefficient (Wildman–Crippen LogP) is 1.93. The molecule has 1 aliphatic rings. The molecular weight excluding hydrogens is 260 g/mol. The lowest BCUT2D eigenvalue weighted by Gasteiger charge is -2.31. The van der Waals surface area contributed by atoms with Crippen LogP contribution in [0.3, 0.4) is 0 Å². The lowest BCUT2D eigenvalue weighted by molar-refractivity contribution is 0.172. The Morgan fingerprint density at radius 1 is 1.32 bits per heavy atom. The van der Waals surface area contributed by atoms with Crippen molar-refractivity contribution in [2.24, 2.45) is 5.92 Å². The fourth-order valence-electron chi connectivity index (χ4n) is 2.68. The van der Waals surface area contributed by atoms with E-state index in [0.717, 1.165) is 25.6 Å². The summed E-state index contributed by atoms with van der Waals surface area (Å²) in [4.78, 5) is 2.58. The van der Waals surface area contributed by atoms with Crippen LogP contribution < -0.4 is 5.32 Å². The van der Waals surface area contributed by atoms with Gasteiger partial charge < -0.3 is 10.2 Å². The second-order valence-electron chi connectivity index (χ2n) is 5.46. The zero-order valence-electron chi connectivity index (χ0n) is 12.1. The van der Waals surface area contributed by atoms with Crippen molar-refractivity contribution in [2.75, 3.05) is 33.2 Å². The molecule has 1 N–H and O–H groups in total. The summed E-state index contributed by atoms with van der Waals surface area (Å²) in [6, 6.07) is 0. The third-order valence-electron chi connectivity index (χ3n) is 3.92. The third-order valence-corrected chi connectivity index (χ3v) is 3.92. The van der Waals surface area contributed by atoms with E-state index in [1.807, 2.05) is 13.2 Å². The fourth-order valence-corrected chi connectivity index (χ4v) is 2.68. The van der Waals surface area contributed by atoms with Gasteiger partial charge in [0.1, 0.15) is 0 Å². The summed E-state index contributed by atoms with van der Waals surface area (Å²) >= 11 is 0.